The van der Waals surface area contributed by atoms with Crippen LogP contribution in [-0.2, 0) is 9.53 Å². The zero-order chi connectivity index (χ0) is 13.9. The smallest absolute Gasteiger partial charge is 0.339 e. The van der Waals surface area contributed by atoms with Gasteiger partial charge in [0.05, 0.1) is 5.56 Å². The Hall–Kier alpha value is -2.04. The summed E-state index contributed by atoms with van der Waals surface area (Å²) in [6.07, 6.45) is 3.73. The van der Waals surface area contributed by atoms with Crippen LogP contribution in [0.5, 0.6) is 0 Å². The van der Waals surface area contributed by atoms with E-state index in [-0.39, 0.29) is 0 Å². The van der Waals surface area contributed by atoms with E-state index in [1.54, 1.807) is 24.3 Å². The first-order chi connectivity index (χ1) is 9.03. The van der Waals surface area contributed by atoms with Gasteiger partial charge in [0.15, 0.2) is 5.60 Å². The highest BCUT2D eigenvalue weighted by Crippen LogP contribution is 2.32. The lowest BCUT2D eigenvalue weighted by molar-refractivity contribution is -0.140. The summed E-state index contributed by atoms with van der Waals surface area (Å²) in [6.45, 7) is 0. The Labute approximate surface area is 111 Å². The van der Waals surface area contributed by atoms with E-state index in [9.17, 15) is 9.59 Å². The van der Waals surface area contributed by atoms with E-state index in [4.69, 9.17) is 16.2 Å². The third-order valence-electron chi connectivity index (χ3n) is 3.54. The van der Waals surface area contributed by atoms with Gasteiger partial charge in [-0.3, -0.25) is 4.79 Å². The van der Waals surface area contributed by atoms with Crippen molar-refractivity contribution in [2.24, 2.45) is 5.73 Å². The molecule has 1 amide bonds. The first-order valence-corrected chi connectivity index (χ1v) is 6.42. The highest BCUT2D eigenvalue weighted by Gasteiger charge is 2.41. The van der Waals surface area contributed by atoms with Crippen molar-refractivity contribution in [2.75, 3.05) is 5.73 Å². The molecular weight excluding hydrogens is 244 g/mol. The minimum absolute atomic E-state index is 0.375. The van der Waals surface area contributed by atoms with E-state index in [0.717, 1.165) is 19.3 Å². The molecule has 1 aromatic rings. The molecular formula is C14H18N2O3. The molecule has 102 valence electrons. The van der Waals surface area contributed by atoms with Crippen molar-refractivity contribution in [2.45, 2.75) is 37.7 Å². The average molecular weight is 262 g/mol. The van der Waals surface area contributed by atoms with Crippen molar-refractivity contribution in [1.82, 2.24) is 0 Å². The molecule has 0 heterocycles. The number of amides is 1. The Morgan fingerprint density at radius 3 is 2.16 bits per heavy atom. The van der Waals surface area contributed by atoms with Gasteiger partial charge in [-0.15, -0.1) is 0 Å². The molecule has 1 saturated carbocycles. The molecule has 1 fully saturated rings. The maximum absolute atomic E-state index is 12.1. The molecule has 0 aliphatic heterocycles. The fourth-order valence-electron chi connectivity index (χ4n) is 2.38. The lowest BCUT2D eigenvalue weighted by atomic mass is 9.84. The molecule has 5 heteroatoms. The van der Waals surface area contributed by atoms with Crippen LogP contribution in [0, 0.1) is 0 Å². The van der Waals surface area contributed by atoms with Crippen LogP contribution in [-0.4, -0.2) is 17.5 Å². The molecule has 0 saturated heterocycles. The van der Waals surface area contributed by atoms with Crippen molar-refractivity contribution < 1.29 is 14.3 Å². The number of rotatable bonds is 3. The van der Waals surface area contributed by atoms with Crippen LogP contribution >= 0.6 is 0 Å². The summed E-state index contributed by atoms with van der Waals surface area (Å²) in [4.78, 5) is 23.7. The highest BCUT2D eigenvalue weighted by molar-refractivity contribution is 5.93. The van der Waals surface area contributed by atoms with E-state index in [1.165, 1.54) is 0 Å². The lowest BCUT2D eigenvalue weighted by Crippen LogP contribution is -2.49. The Bertz CT molecular complexity index is 476. The number of ether oxygens (including phenoxy) is 1. The second-order valence-electron chi connectivity index (χ2n) is 4.93. The van der Waals surface area contributed by atoms with E-state index < -0.39 is 17.5 Å². The molecule has 1 aliphatic rings. The standard InChI is InChI=1S/C14H18N2O3/c15-11-6-4-10(5-7-11)12(17)19-14(13(16)18)8-2-1-3-9-14/h4-7H,1-3,8-9,15H2,(H2,16,18). The largest absolute Gasteiger partial charge is 0.445 e. The Balaban J connectivity index is 2.15. The number of carbonyl (C=O) groups is 2. The van der Waals surface area contributed by atoms with Gasteiger partial charge in [-0.1, -0.05) is 6.42 Å². The van der Waals surface area contributed by atoms with E-state index in [1.807, 2.05) is 0 Å². The summed E-state index contributed by atoms with van der Waals surface area (Å²) in [5.74, 6) is -1.09. The summed E-state index contributed by atoms with van der Waals surface area (Å²) < 4.78 is 5.41. The number of primary amides is 1. The molecule has 1 aliphatic carbocycles. The number of nitrogens with two attached hydrogens (primary N) is 2. The number of carbonyl (C=O) groups excluding carboxylic acids is 2. The molecule has 1 aromatic carbocycles. The Kier molecular flexibility index (Phi) is 3.74. The fourth-order valence-corrected chi connectivity index (χ4v) is 2.38. The van der Waals surface area contributed by atoms with Crippen LogP contribution in [0.1, 0.15) is 42.5 Å². The Morgan fingerprint density at radius 1 is 1.05 bits per heavy atom. The molecule has 5 nitrogen and oxygen atoms in total. The maximum Gasteiger partial charge on any atom is 0.339 e. The molecule has 2 rings (SSSR count). The molecule has 0 atom stereocenters. The Morgan fingerprint density at radius 2 is 1.63 bits per heavy atom. The van der Waals surface area contributed by atoms with E-state index in [0.29, 0.717) is 24.1 Å². The zero-order valence-electron chi connectivity index (χ0n) is 10.7. The molecule has 4 N–H and O–H groups in total. The van der Waals surface area contributed by atoms with Crippen molar-refractivity contribution in [1.29, 1.82) is 0 Å². The SMILES string of the molecule is NC(=O)C1(OC(=O)c2ccc(N)cc2)CCCCC1. The normalized spacial score (nSPS) is 17.7. The van der Waals surface area contributed by atoms with Crippen LogP contribution in [0.3, 0.4) is 0 Å². The van der Waals surface area contributed by atoms with Gasteiger partial charge in [0, 0.05) is 5.69 Å². The van der Waals surface area contributed by atoms with Crippen LogP contribution in [0.25, 0.3) is 0 Å². The lowest BCUT2D eigenvalue weighted by Gasteiger charge is -2.33. The summed E-state index contributed by atoms with van der Waals surface area (Å²) >= 11 is 0. The van der Waals surface area contributed by atoms with Crippen LogP contribution in [0.4, 0.5) is 5.69 Å². The summed E-state index contributed by atoms with van der Waals surface area (Å²) in [6, 6.07) is 6.40. The predicted molar refractivity (Wildman–Crippen MR) is 71.3 cm³/mol. The predicted octanol–water partition coefficient (Wildman–Crippen LogP) is 1.61. The fraction of sp³-hybridized carbons (Fsp3) is 0.429. The third kappa shape index (κ3) is 2.86. The zero-order valence-corrected chi connectivity index (χ0v) is 10.7. The van der Waals surface area contributed by atoms with Gasteiger partial charge in [0.1, 0.15) is 0 Å². The third-order valence-corrected chi connectivity index (χ3v) is 3.54. The quantitative estimate of drug-likeness (QED) is 0.639. The van der Waals surface area contributed by atoms with Gasteiger partial charge in [-0.2, -0.15) is 0 Å². The average Bonchev–Trinajstić information content (AvgIpc) is 2.40. The van der Waals surface area contributed by atoms with Gasteiger partial charge in [-0.05, 0) is 49.9 Å². The monoisotopic (exact) mass is 262 g/mol. The summed E-state index contributed by atoms with van der Waals surface area (Å²) in [5, 5.41) is 0. The first-order valence-electron chi connectivity index (χ1n) is 6.42. The minimum Gasteiger partial charge on any atom is -0.445 e. The number of benzene rings is 1. The van der Waals surface area contributed by atoms with Crippen LogP contribution in [0.15, 0.2) is 24.3 Å². The topological polar surface area (TPSA) is 95.4 Å². The number of esters is 1. The van der Waals surface area contributed by atoms with Crippen molar-refractivity contribution in [3.05, 3.63) is 29.8 Å². The molecule has 0 radical (unpaired) electrons. The number of anilines is 1. The first kappa shape index (κ1) is 13.4. The van der Waals surface area contributed by atoms with Crippen molar-refractivity contribution in [3.8, 4) is 0 Å². The number of hydrogen-bond donors (Lipinski definition) is 2. The molecule has 0 unspecified atom stereocenters. The summed E-state index contributed by atoms with van der Waals surface area (Å²) in [5.41, 5.74) is 10.8. The van der Waals surface area contributed by atoms with Crippen molar-refractivity contribution >= 4 is 17.6 Å². The van der Waals surface area contributed by atoms with E-state index in [2.05, 4.69) is 0 Å². The second-order valence-corrected chi connectivity index (χ2v) is 4.93. The molecule has 0 aromatic heterocycles. The van der Waals surface area contributed by atoms with Gasteiger partial charge in [-0.25, -0.2) is 4.79 Å². The second kappa shape index (κ2) is 5.30. The van der Waals surface area contributed by atoms with Gasteiger partial charge in [0.2, 0.25) is 0 Å². The number of nitrogen functional groups attached to an aromatic ring is 1. The van der Waals surface area contributed by atoms with Gasteiger partial charge in [0.25, 0.3) is 5.91 Å². The highest BCUT2D eigenvalue weighted by atomic mass is 16.6. The van der Waals surface area contributed by atoms with E-state index >= 15 is 0 Å². The van der Waals surface area contributed by atoms with Crippen LogP contribution in [0.2, 0.25) is 0 Å². The number of hydrogen-bond acceptors (Lipinski definition) is 4. The van der Waals surface area contributed by atoms with Gasteiger partial charge >= 0.3 is 5.97 Å². The maximum atomic E-state index is 12.1. The molecule has 0 bridgehead atoms. The van der Waals surface area contributed by atoms with Crippen LogP contribution < -0.4 is 11.5 Å². The van der Waals surface area contributed by atoms with Gasteiger partial charge < -0.3 is 16.2 Å². The minimum atomic E-state index is -1.14. The van der Waals surface area contributed by atoms with Crippen molar-refractivity contribution in [3.63, 3.8) is 0 Å². The molecule has 19 heavy (non-hydrogen) atoms. The molecule has 0 spiro atoms. The summed E-state index contributed by atoms with van der Waals surface area (Å²) in [7, 11) is 0.